The van der Waals surface area contributed by atoms with Crippen LogP contribution in [0.4, 0.5) is 11.4 Å². The van der Waals surface area contributed by atoms with Crippen molar-refractivity contribution in [3.05, 3.63) is 53.9 Å². The van der Waals surface area contributed by atoms with Gasteiger partial charge >= 0.3 is 0 Å². The van der Waals surface area contributed by atoms with Crippen LogP contribution >= 0.6 is 0 Å². The molecule has 4 heteroatoms. The van der Waals surface area contributed by atoms with E-state index in [1.165, 1.54) is 5.56 Å². The first kappa shape index (κ1) is 15.0. The molecule has 21 heavy (non-hydrogen) atoms. The molecule has 0 spiro atoms. The number of nitrogens with one attached hydrogen (secondary N) is 2. The molecular weight excluding hydrogens is 262 g/mol. The third-order valence-electron chi connectivity index (χ3n) is 3.21. The number of pyridine rings is 1. The van der Waals surface area contributed by atoms with E-state index in [4.69, 9.17) is 0 Å². The summed E-state index contributed by atoms with van der Waals surface area (Å²) in [5.74, 6) is 0.278. The normalized spacial score (nSPS) is 10.5. The van der Waals surface area contributed by atoms with Crippen LogP contribution in [0.25, 0.3) is 0 Å². The highest BCUT2D eigenvalue weighted by atomic mass is 16.1. The van der Waals surface area contributed by atoms with Gasteiger partial charge in [0, 0.05) is 24.1 Å². The molecule has 1 heterocycles. The smallest absolute Gasteiger partial charge is 0.274 e. The first-order valence-corrected chi connectivity index (χ1v) is 7.21. The lowest BCUT2D eigenvalue weighted by atomic mass is 10.0. The van der Waals surface area contributed by atoms with Crippen molar-refractivity contribution in [2.45, 2.75) is 26.7 Å². The highest BCUT2D eigenvalue weighted by Gasteiger charge is 2.08. The highest BCUT2D eigenvalue weighted by molar-refractivity contribution is 6.03. The topological polar surface area (TPSA) is 54.0 Å². The molecule has 110 valence electrons. The SMILES string of the molecule is CCNc1ccnc(C(=O)Nc2ccc(C(C)C)cc2)c1. The molecule has 0 aliphatic carbocycles. The molecule has 0 bridgehead atoms. The summed E-state index contributed by atoms with van der Waals surface area (Å²) in [5, 5.41) is 6.03. The van der Waals surface area contributed by atoms with E-state index in [2.05, 4.69) is 29.5 Å². The Kier molecular flexibility index (Phi) is 4.93. The number of hydrogen-bond donors (Lipinski definition) is 2. The molecular formula is C17H21N3O. The Bertz CT molecular complexity index is 606. The standard InChI is InChI=1S/C17H21N3O/c1-4-18-15-9-10-19-16(11-15)17(21)20-14-7-5-13(6-8-14)12(2)3/h5-12H,4H2,1-3H3,(H,18,19)(H,20,21). The maximum atomic E-state index is 12.2. The summed E-state index contributed by atoms with van der Waals surface area (Å²) in [4.78, 5) is 16.3. The van der Waals surface area contributed by atoms with Crippen LogP contribution in [0.15, 0.2) is 42.6 Å². The average Bonchev–Trinajstić information content (AvgIpc) is 2.48. The van der Waals surface area contributed by atoms with Crippen LogP contribution in [0.5, 0.6) is 0 Å². The Morgan fingerprint density at radius 1 is 1.14 bits per heavy atom. The van der Waals surface area contributed by atoms with Gasteiger partial charge in [-0.25, -0.2) is 0 Å². The van der Waals surface area contributed by atoms with Crippen molar-refractivity contribution in [1.29, 1.82) is 0 Å². The Balaban J connectivity index is 2.08. The Labute approximate surface area is 125 Å². The van der Waals surface area contributed by atoms with Gasteiger partial charge in [0.2, 0.25) is 0 Å². The van der Waals surface area contributed by atoms with Crippen molar-refractivity contribution in [2.75, 3.05) is 17.2 Å². The van der Waals surface area contributed by atoms with Crippen molar-refractivity contribution in [3.63, 3.8) is 0 Å². The molecule has 1 amide bonds. The van der Waals surface area contributed by atoms with Gasteiger partial charge < -0.3 is 10.6 Å². The fourth-order valence-electron chi connectivity index (χ4n) is 2.02. The molecule has 1 aromatic heterocycles. The molecule has 2 aromatic rings. The van der Waals surface area contributed by atoms with Crippen LogP contribution in [0.1, 0.15) is 42.7 Å². The van der Waals surface area contributed by atoms with E-state index in [0.29, 0.717) is 11.6 Å². The van der Waals surface area contributed by atoms with Crippen molar-refractivity contribution >= 4 is 17.3 Å². The number of amides is 1. The van der Waals surface area contributed by atoms with E-state index < -0.39 is 0 Å². The third-order valence-corrected chi connectivity index (χ3v) is 3.21. The van der Waals surface area contributed by atoms with E-state index in [0.717, 1.165) is 17.9 Å². The molecule has 0 unspecified atom stereocenters. The van der Waals surface area contributed by atoms with Gasteiger partial charge in [-0.3, -0.25) is 9.78 Å². The molecule has 0 saturated carbocycles. The second-order valence-electron chi connectivity index (χ2n) is 5.19. The number of carbonyl (C=O) groups is 1. The fraction of sp³-hybridized carbons (Fsp3) is 0.294. The Morgan fingerprint density at radius 3 is 2.48 bits per heavy atom. The summed E-state index contributed by atoms with van der Waals surface area (Å²) in [6, 6.07) is 11.5. The maximum absolute atomic E-state index is 12.2. The van der Waals surface area contributed by atoms with Crippen LogP contribution < -0.4 is 10.6 Å². The van der Waals surface area contributed by atoms with Crippen molar-refractivity contribution < 1.29 is 4.79 Å². The average molecular weight is 283 g/mol. The van der Waals surface area contributed by atoms with Crippen molar-refractivity contribution in [3.8, 4) is 0 Å². The number of benzene rings is 1. The molecule has 2 rings (SSSR count). The van der Waals surface area contributed by atoms with Crippen molar-refractivity contribution in [2.24, 2.45) is 0 Å². The second-order valence-corrected chi connectivity index (χ2v) is 5.19. The number of rotatable bonds is 5. The molecule has 2 N–H and O–H groups in total. The monoisotopic (exact) mass is 283 g/mol. The zero-order chi connectivity index (χ0) is 15.2. The summed E-state index contributed by atoms with van der Waals surface area (Å²) in [5.41, 5.74) is 3.33. The first-order chi connectivity index (χ1) is 10.1. The number of anilines is 2. The van der Waals surface area contributed by atoms with Crippen molar-refractivity contribution in [1.82, 2.24) is 4.98 Å². The number of carbonyl (C=O) groups excluding carboxylic acids is 1. The molecule has 0 atom stereocenters. The second kappa shape index (κ2) is 6.88. The predicted molar refractivity (Wildman–Crippen MR) is 86.9 cm³/mol. The maximum Gasteiger partial charge on any atom is 0.274 e. The molecule has 0 radical (unpaired) electrons. The van der Waals surface area contributed by atoms with E-state index in [1.807, 2.05) is 37.3 Å². The van der Waals surface area contributed by atoms with Crippen LogP contribution in [-0.4, -0.2) is 17.4 Å². The van der Waals surface area contributed by atoms with Gasteiger partial charge in [0.05, 0.1) is 0 Å². The van der Waals surface area contributed by atoms with E-state index in [-0.39, 0.29) is 5.91 Å². The van der Waals surface area contributed by atoms with Crippen LogP contribution in [-0.2, 0) is 0 Å². The van der Waals surface area contributed by atoms with E-state index in [9.17, 15) is 4.79 Å². The van der Waals surface area contributed by atoms with Gasteiger partial charge in [0.15, 0.2) is 0 Å². The fourth-order valence-corrected chi connectivity index (χ4v) is 2.02. The summed E-state index contributed by atoms with van der Waals surface area (Å²) in [6.07, 6.45) is 1.63. The Hall–Kier alpha value is -2.36. The number of aromatic nitrogens is 1. The molecule has 0 aliphatic heterocycles. The van der Waals surface area contributed by atoms with Gasteiger partial charge in [-0.2, -0.15) is 0 Å². The minimum Gasteiger partial charge on any atom is -0.385 e. The van der Waals surface area contributed by atoms with Gasteiger partial charge in [-0.1, -0.05) is 26.0 Å². The van der Waals surface area contributed by atoms with E-state index in [1.54, 1.807) is 12.3 Å². The lowest BCUT2D eigenvalue weighted by Crippen LogP contribution is -2.14. The summed E-state index contributed by atoms with van der Waals surface area (Å²) < 4.78 is 0. The van der Waals surface area contributed by atoms with Crippen LogP contribution in [0, 0.1) is 0 Å². The Morgan fingerprint density at radius 2 is 1.86 bits per heavy atom. The molecule has 0 aliphatic rings. The molecule has 0 saturated heterocycles. The van der Waals surface area contributed by atoms with Crippen LogP contribution in [0.2, 0.25) is 0 Å². The number of hydrogen-bond acceptors (Lipinski definition) is 3. The quantitative estimate of drug-likeness (QED) is 0.875. The number of nitrogens with zero attached hydrogens (tertiary/aromatic N) is 1. The van der Waals surface area contributed by atoms with Gasteiger partial charge in [-0.15, -0.1) is 0 Å². The summed E-state index contributed by atoms with van der Waals surface area (Å²) in [6.45, 7) is 7.10. The highest BCUT2D eigenvalue weighted by Crippen LogP contribution is 2.18. The lowest BCUT2D eigenvalue weighted by Gasteiger charge is -2.09. The molecule has 0 fully saturated rings. The first-order valence-electron chi connectivity index (χ1n) is 7.21. The zero-order valence-electron chi connectivity index (χ0n) is 12.7. The predicted octanol–water partition coefficient (Wildman–Crippen LogP) is 3.89. The van der Waals surface area contributed by atoms with Gasteiger partial charge in [-0.05, 0) is 42.7 Å². The van der Waals surface area contributed by atoms with Gasteiger partial charge in [0.25, 0.3) is 5.91 Å². The molecule has 4 nitrogen and oxygen atoms in total. The minimum absolute atomic E-state index is 0.202. The zero-order valence-corrected chi connectivity index (χ0v) is 12.7. The molecule has 1 aromatic carbocycles. The summed E-state index contributed by atoms with van der Waals surface area (Å²) >= 11 is 0. The van der Waals surface area contributed by atoms with E-state index >= 15 is 0 Å². The minimum atomic E-state index is -0.202. The third kappa shape index (κ3) is 4.05. The lowest BCUT2D eigenvalue weighted by molar-refractivity contribution is 0.102. The largest absolute Gasteiger partial charge is 0.385 e. The van der Waals surface area contributed by atoms with Gasteiger partial charge in [0.1, 0.15) is 5.69 Å². The summed E-state index contributed by atoms with van der Waals surface area (Å²) in [7, 11) is 0. The van der Waals surface area contributed by atoms with Crippen LogP contribution in [0.3, 0.4) is 0 Å².